The molecule has 278 valence electrons. The first-order valence-electron chi connectivity index (χ1n) is 16.6. The van der Waals surface area contributed by atoms with Crippen LogP contribution in [0.2, 0.25) is 0 Å². The Hall–Kier alpha value is -5.31. The Labute approximate surface area is 299 Å². The summed E-state index contributed by atoms with van der Waals surface area (Å²) in [4.78, 5) is 59.5. The first-order valence-corrected chi connectivity index (χ1v) is 16.6. The van der Waals surface area contributed by atoms with Crippen molar-refractivity contribution in [3.05, 3.63) is 71.0 Å². The number of unbranched alkanes of at least 4 members (excludes halogenated alkanes) is 1. The number of carbonyl (C=O) groups excluding carboxylic acids is 5. The number of benzene rings is 2. The zero-order valence-corrected chi connectivity index (χ0v) is 28.9. The van der Waals surface area contributed by atoms with E-state index in [1.807, 2.05) is 0 Å². The molecule has 1 atom stereocenters. The van der Waals surface area contributed by atoms with Gasteiger partial charge in [0.25, 0.3) is 11.8 Å². The molecule has 0 aliphatic carbocycles. The van der Waals surface area contributed by atoms with Crippen molar-refractivity contribution in [3.8, 4) is 11.5 Å². The van der Waals surface area contributed by atoms with Crippen molar-refractivity contribution >= 4 is 29.4 Å². The molecule has 0 fully saturated rings. The van der Waals surface area contributed by atoms with Crippen LogP contribution in [-0.4, -0.2) is 83.9 Å². The van der Waals surface area contributed by atoms with Gasteiger partial charge in [-0.05, 0) is 56.2 Å². The largest absolute Gasteiger partial charge is 0.493 e. The maximum atomic E-state index is 13.0. The summed E-state index contributed by atoms with van der Waals surface area (Å²) >= 11 is 0. The van der Waals surface area contributed by atoms with Gasteiger partial charge in [-0.2, -0.15) is 0 Å². The fraction of sp³-hybridized carbons (Fsp3) is 0.472. The molecule has 0 bridgehead atoms. The third kappa shape index (κ3) is 15.4. The molecule has 0 saturated heterocycles. The summed E-state index contributed by atoms with van der Waals surface area (Å²) in [7, 11) is 0. The summed E-state index contributed by atoms with van der Waals surface area (Å²) in [5.74, 6) is -0.584. The van der Waals surface area contributed by atoms with E-state index in [1.165, 1.54) is 19.9 Å². The van der Waals surface area contributed by atoms with Gasteiger partial charge in [0, 0.05) is 56.6 Å². The molecule has 3 rings (SSSR count). The molecule has 2 aromatic carbocycles. The molecule has 1 aromatic heterocycles. The Kier molecular flexibility index (Phi) is 18.4. The van der Waals surface area contributed by atoms with Crippen LogP contribution in [0.4, 0.5) is 0 Å². The lowest BCUT2D eigenvalue weighted by Crippen LogP contribution is -2.29. The van der Waals surface area contributed by atoms with Gasteiger partial charge in [-0.25, -0.2) is 0 Å². The van der Waals surface area contributed by atoms with E-state index in [4.69, 9.17) is 19.9 Å². The topological polar surface area (TPSA) is 206 Å². The summed E-state index contributed by atoms with van der Waals surface area (Å²) in [6.45, 7) is 7.40. The monoisotopic (exact) mass is 709 g/mol. The third-order valence-corrected chi connectivity index (χ3v) is 7.48. The molecule has 4 amide bonds. The number of ether oxygens (including phenoxy) is 3. The number of nitrogens with zero attached hydrogens (tertiary/aromatic N) is 3. The number of hydrogen-bond acceptors (Lipinski definition) is 10. The molecular weight excluding hydrogens is 658 g/mol. The number of nitrogens with one attached hydrogen (secondary N) is 3. The molecular formula is C36H51N7O8. The van der Waals surface area contributed by atoms with Crippen molar-refractivity contribution in [2.24, 2.45) is 11.7 Å². The second-order valence-electron chi connectivity index (χ2n) is 11.7. The molecule has 3 aromatic rings. The van der Waals surface area contributed by atoms with Gasteiger partial charge < -0.3 is 35.9 Å². The van der Waals surface area contributed by atoms with Gasteiger partial charge in [-0.15, -0.1) is 5.10 Å². The van der Waals surface area contributed by atoms with E-state index < -0.39 is 0 Å². The lowest BCUT2D eigenvalue weighted by atomic mass is 10.0. The summed E-state index contributed by atoms with van der Waals surface area (Å²) in [5.41, 5.74) is 7.02. The number of rotatable bonds is 23. The Morgan fingerprint density at radius 3 is 2.31 bits per heavy atom. The van der Waals surface area contributed by atoms with Crippen LogP contribution in [0.3, 0.4) is 0 Å². The van der Waals surface area contributed by atoms with Crippen LogP contribution >= 0.6 is 0 Å². The number of nitrogens with two attached hydrogens (primary N) is 1. The number of amides is 4. The molecule has 51 heavy (non-hydrogen) atoms. The van der Waals surface area contributed by atoms with Crippen molar-refractivity contribution in [1.82, 2.24) is 30.9 Å². The normalized spacial score (nSPS) is 11.1. The molecule has 0 aliphatic rings. The molecule has 0 saturated carbocycles. The summed E-state index contributed by atoms with van der Waals surface area (Å²) in [5, 5.41) is 16.6. The van der Waals surface area contributed by atoms with Crippen molar-refractivity contribution in [1.29, 1.82) is 0 Å². The third-order valence-electron chi connectivity index (χ3n) is 7.48. The standard InChI is InChI=1S/C35H47N7O8.CH4/c1-24(33(36)45)8-4-5-13-38-35(47)31-21-27(25(2)43)11-12-32(31)49-17-7-16-42-22-29(40-41-42)23-50-30-10-6-9-28(20-30)34(46)39-15-19-48-18-14-37-26(3)44;/h6,9-12,20-22,24H,4-5,7-8,13-19,23H2,1-3H3,(H2,36,45)(H,37,44)(H,38,47)(H,39,46);1H4/t24-;/m0./s1. The molecule has 0 radical (unpaired) electrons. The maximum absolute atomic E-state index is 13.0. The Morgan fingerprint density at radius 1 is 0.843 bits per heavy atom. The Balaban J connectivity index is 0.00000901. The van der Waals surface area contributed by atoms with Crippen LogP contribution in [-0.2, 0) is 27.5 Å². The van der Waals surface area contributed by atoms with E-state index in [0.29, 0.717) is 87.0 Å². The van der Waals surface area contributed by atoms with Gasteiger partial charge >= 0.3 is 0 Å². The number of aromatic nitrogens is 3. The number of aryl methyl sites for hydroxylation is 1. The zero-order valence-electron chi connectivity index (χ0n) is 28.9. The minimum atomic E-state index is -0.348. The minimum absolute atomic E-state index is 0. The van der Waals surface area contributed by atoms with E-state index in [2.05, 4.69) is 26.3 Å². The first kappa shape index (κ1) is 41.9. The van der Waals surface area contributed by atoms with Gasteiger partial charge in [0.2, 0.25) is 11.8 Å². The average molecular weight is 710 g/mol. The van der Waals surface area contributed by atoms with Crippen LogP contribution in [0.1, 0.15) is 90.6 Å². The van der Waals surface area contributed by atoms with Gasteiger partial charge in [0.1, 0.15) is 23.8 Å². The first-order chi connectivity index (χ1) is 24.0. The van der Waals surface area contributed by atoms with Crippen molar-refractivity contribution in [2.75, 3.05) is 39.5 Å². The second kappa shape index (κ2) is 22.4. The SMILES string of the molecule is C.CC(=O)NCCOCCNC(=O)c1cccc(OCc2cn(CCCOc3ccc(C(C)=O)cc3C(=O)NCCCC[C@H](C)C(N)=O)nn2)c1. The van der Waals surface area contributed by atoms with E-state index >= 15 is 0 Å². The van der Waals surface area contributed by atoms with Crippen molar-refractivity contribution in [3.63, 3.8) is 0 Å². The van der Waals surface area contributed by atoms with Gasteiger partial charge in [-0.1, -0.05) is 32.1 Å². The van der Waals surface area contributed by atoms with Gasteiger partial charge in [0.05, 0.1) is 31.6 Å². The molecule has 0 unspecified atom stereocenters. The number of hydrogen-bond donors (Lipinski definition) is 4. The number of carbonyl (C=O) groups is 5. The molecule has 0 spiro atoms. The molecule has 15 heteroatoms. The number of ketones is 1. The summed E-state index contributed by atoms with van der Waals surface area (Å²) in [6.07, 6.45) is 4.39. The van der Waals surface area contributed by atoms with Gasteiger partial charge in [-0.3, -0.25) is 28.7 Å². The highest BCUT2D eigenvalue weighted by molar-refractivity contribution is 6.01. The van der Waals surface area contributed by atoms with Crippen LogP contribution in [0, 0.1) is 5.92 Å². The van der Waals surface area contributed by atoms with Crippen LogP contribution in [0.25, 0.3) is 0 Å². The predicted octanol–water partition coefficient (Wildman–Crippen LogP) is 3.07. The van der Waals surface area contributed by atoms with E-state index in [0.717, 1.165) is 6.42 Å². The highest BCUT2D eigenvalue weighted by Gasteiger charge is 2.16. The summed E-state index contributed by atoms with van der Waals surface area (Å²) < 4.78 is 18.8. The molecule has 1 heterocycles. The van der Waals surface area contributed by atoms with Gasteiger partial charge in [0.15, 0.2) is 5.78 Å². The average Bonchev–Trinajstić information content (AvgIpc) is 3.55. The van der Waals surface area contributed by atoms with E-state index in [1.54, 1.807) is 54.2 Å². The molecule has 0 aliphatic heterocycles. The van der Waals surface area contributed by atoms with E-state index in [-0.39, 0.29) is 61.5 Å². The Morgan fingerprint density at radius 2 is 1.59 bits per heavy atom. The fourth-order valence-electron chi connectivity index (χ4n) is 4.61. The number of primary amides is 1. The van der Waals surface area contributed by atoms with Crippen LogP contribution < -0.4 is 31.2 Å². The predicted molar refractivity (Wildman–Crippen MR) is 190 cm³/mol. The number of Topliss-reactive ketones (excluding diaryl/α,β-unsaturated/α-hetero) is 1. The molecule has 5 N–H and O–H groups in total. The van der Waals surface area contributed by atoms with Crippen molar-refractivity contribution < 1.29 is 38.2 Å². The van der Waals surface area contributed by atoms with Crippen LogP contribution in [0.15, 0.2) is 48.7 Å². The van der Waals surface area contributed by atoms with Crippen LogP contribution in [0.5, 0.6) is 11.5 Å². The maximum Gasteiger partial charge on any atom is 0.255 e. The fourth-order valence-corrected chi connectivity index (χ4v) is 4.61. The quantitative estimate of drug-likeness (QED) is 0.0836. The smallest absolute Gasteiger partial charge is 0.255 e. The second-order valence-corrected chi connectivity index (χ2v) is 11.7. The molecule has 15 nitrogen and oxygen atoms in total. The zero-order chi connectivity index (χ0) is 36.3. The summed E-state index contributed by atoms with van der Waals surface area (Å²) in [6, 6.07) is 11.6. The minimum Gasteiger partial charge on any atom is -0.493 e. The lowest BCUT2D eigenvalue weighted by Gasteiger charge is -2.13. The van der Waals surface area contributed by atoms with Crippen molar-refractivity contribution in [2.45, 2.75) is 67.0 Å². The van der Waals surface area contributed by atoms with E-state index in [9.17, 15) is 24.0 Å². The Bertz CT molecular complexity index is 1590. The lowest BCUT2D eigenvalue weighted by molar-refractivity contribution is -0.121. The highest BCUT2D eigenvalue weighted by atomic mass is 16.5. The highest BCUT2D eigenvalue weighted by Crippen LogP contribution is 2.21.